The number of hydrogen-bond donors (Lipinski definition) is 1. The van der Waals surface area contributed by atoms with Crippen LogP contribution < -0.4 is 11.1 Å². The van der Waals surface area contributed by atoms with Gasteiger partial charge in [0.1, 0.15) is 12.6 Å². The minimum atomic E-state index is -0.865. The lowest BCUT2D eigenvalue weighted by molar-refractivity contribution is -0.146. The van der Waals surface area contributed by atoms with E-state index in [2.05, 4.69) is 15.0 Å². The lowest BCUT2D eigenvalue weighted by Crippen LogP contribution is -2.31. The highest BCUT2D eigenvalue weighted by atomic mass is 19.1. The van der Waals surface area contributed by atoms with Gasteiger partial charge in [0.25, 0.3) is 0 Å². The van der Waals surface area contributed by atoms with Crippen LogP contribution in [0.15, 0.2) is 70.0 Å². The van der Waals surface area contributed by atoms with Crippen molar-refractivity contribution in [2.24, 2.45) is 0 Å². The van der Waals surface area contributed by atoms with Crippen LogP contribution in [0.2, 0.25) is 0 Å². The highest BCUT2D eigenvalue weighted by molar-refractivity contribution is 5.79. The van der Waals surface area contributed by atoms with E-state index < -0.39 is 18.5 Å². The van der Waals surface area contributed by atoms with Gasteiger partial charge in [-0.05, 0) is 37.0 Å². The molecule has 158 valence electrons. The van der Waals surface area contributed by atoms with Crippen LogP contribution in [-0.4, -0.2) is 21.7 Å². The molecule has 2 aromatic carbocycles. The van der Waals surface area contributed by atoms with Crippen LogP contribution in [0.25, 0.3) is 0 Å². The fraction of sp³-hybridized carbons (Fsp3) is 0.318. The van der Waals surface area contributed by atoms with E-state index in [1.807, 2.05) is 60.7 Å². The number of nitrogens with one attached hydrogen (secondary N) is 1. The Kier molecular flexibility index (Phi) is 7.77. The van der Waals surface area contributed by atoms with Gasteiger partial charge in [0.15, 0.2) is 12.5 Å². The number of carbonyl (C=O) groups excluding carboxylic acids is 1. The van der Waals surface area contributed by atoms with Gasteiger partial charge in [0, 0.05) is 12.2 Å². The van der Waals surface area contributed by atoms with Crippen molar-refractivity contribution in [3.63, 3.8) is 0 Å². The number of carbonyl (C=O) groups is 1. The third kappa shape index (κ3) is 6.04. The molecule has 0 aliphatic carbocycles. The molecule has 0 amide bonds. The summed E-state index contributed by atoms with van der Waals surface area (Å²) in [6, 6.07) is 18.3. The Bertz CT molecular complexity index is 973. The van der Waals surface area contributed by atoms with Gasteiger partial charge in [-0.3, -0.25) is 9.09 Å². The highest BCUT2D eigenvalue weighted by Crippen LogP contribution is 2.14. The smallest absolute Gasteiger partial charge is 0.441 e. The fourth-order valence-corrected chi connectivity index (χ4v) is 3.04. The maximum atomic E-state index is 12.9. The summed E-state index contributed by atoms with van der Waals surface area (Å²) < 4.78 is 24.0. The number of nitrogens with zero attached hydrogens (tertiary/aromatic N) is 2. The average Bonchev–Trinajstić information content (AvgIpc) is 3.15. The molecule has 0 saturated carbocycles. The zero-order valence-electron chi connectivity index (χ0n) is 16.5. The number of esters is 1. The fourth-order valence-electron chi connectivity index (χ4n) is 3.04. The minimum absolute atomic E-state index is 0.0266. The van der Waals surface area contributed by atoms with Crippen LogP contribution in [-0.2, 0) is 29.4 Å². The molecule has 1 atom stereocenters. The Hall–Kier alpha value is -3.42. The van der Waals surface area contributed by atoms with Crippen LogP contribution in [0.4, 0.5) is 10.1 Å². The van der Waals surface area contributed by atoms with Crippen LogP contribution in [0.5, 0.6) is 0 Å². The van der Waals surface area contributed by atoms with Crippen LogP contribution in [0.3, 0.4) is 0 Å². The predicted molar refractivity (Wildman–Crippen MR) is 110 cm³/mol. The number of unbranched alkanes of at least 4 members (excludes halogenated alkanes) is 1. The van der Waals surface area contributed by atoms with E-state index >= 15 is 0 Å². The molecule has 7 nitrogen and oxygen atoms in total. The summed E-state index contributed by atoms with van der Waals surface area (Å²) in [5, 5.41) is 6.61. The predicted octanol–water partition coefficient (Wildman–Crippen LogP) is 3.70. The molecule has 3 rings (SSSR count). The van der Waals surface area contributed by atoms with Gasteiger partial charge < -0.3 is 10.1 Å². The first kappa shape index (κ1) is 21.3. The third-order valence-corrected chi connectivity index (χ3v) is 4.63. The van der Waals surface area contributed by atoms with Gasteiger partial charge >= 0.3 is 11.7 Å². The summed E-state index contributed by atoms with van der Waals surface area (Å²) in [4.78, 5) is 24.3. The van der Waals surface area contributed by atoms with Crippen molar-refractivity contribution in [1.29, 1.82) is 0 Å². The van der Waals surface area contributed by atoms with Gasteiger partial charge in [-0.2, -0.15) is 0 Å². The van der Waals surface area contributed by atoms with Gasteiger partial charge in [-0.1, -0.05) is 53.7 Å². The van der Waals surface area contributed by atoms with Crippen LogP contribution in [0, 0.1) is 0 Å². The Balaban J connectivity index is 1.57. The molecule has 0 aliphatic heterocycles. The van der Waals surface area contributed by atoms with E-state index in [1.54, 1.807) is 0 Å². The number of ether oxygens (including phenoxy) is 1. The monoisotopic (exact) mass is 413 g/mol. The number of alkyl halides is 1. The molecule has 0 spiro atoms. The second-order valence-corrected chi connectivity index (χ2v) is 6.80. The first-order chi connectivity index (χ1) is 14.7. The normalized spacial score (nSPS) is 11.8. The molecule has 0 bridgehead atoms. The number of aromatic nitrogens is 2. The van der Waals surface area contributed by atoms with E-state index in [9.17, 15) is 14.0 Å². The van der Waals surface area contributed by atoms with Crippen molar-refractivity contribution in [3.8, 4) is 0 Å². The lowest BCUT2D eigenvalue weighted by Gasteiger charge is -2.19. The summed E-state index contributed by atoms with van der Waals surface area (Å²) in [5.41, 5.74) is 1.73. The molecule has 0 aliphatic rings. The number of rotatable bonds is 11. The van der Waals surface area contributed by atoms with E-state index in [1.165, 1.54) is 4.57 Å². The topological polar surface area (TPSA) is 86.4 Å². The first-order valence-corrected chi connectivity index (χ1v) is 9.81. The number of halogens is 1. The Labute approximate surface area is 173 Å². The number of para-hydroxylation sites is 1. The van der Waals surface area contributed by atoms with Crippen molar-refractivity contribution >= 4 is 11.7 Å². The van der Waals surface area contributed by atoms with Crippen molar-refractivity contribution in [2.45, 2.75) is 45.1 Å². The summed E-state index contributed by atoms with van der Waals surface area (Å²) >= 11 is 0. The molecule has 1 unspecified atom stereocenters. The lowest BCUT2D eigenvalue weighted by atomic mass is 10.1. The standard InChI is InChI=1S/C22H24FN3O4/c23-15-20-25-30-22(28)26(20)14-8-7-13-19(24-18-11-5-2-6-12-18)21(27)29-16-17-9-3-1-4-10-17/h1-6,9-12,19,24H,7-8,13-16H2. The van der Waals surface area contributed by atoms with Gasteiger partial charge in [0.2, 0.25) is 0 Å². The first-order valence-electron chi connectivity index (χ1n) is 9.81. The van der Waals surface area contributed by atoms with Gasteiger partial charge in [0.05, 0.1) is 0 Å². The van der Waals surface area contributed by atoms with Crippen molar-refractivity contribution in [2.75, 3.05) is 5.32 Å². The average molecular weight is 413 g/mol. The van der Waals surface area contributed by atoms with Crippen LogP contribution >= 0.6 is 0 Å². The zero-order valence-corrected chi connectivity index (χ0v) is 16.5. The molecule has 1 N–H and O–H groups in total. The van der Waals surface area contributed by atoms with E-state index in [-0.39, 0.29) is 24.9 Å². The highest BCUT2D eigenvalue weighted by Gasteiger charge is 2.20. The number of hydrogen-bond acceptors (Lipinski definition) is 6. The molecule has 8 heteroatoms. The molecule has 3 aromatic rings. The van der Waals surface area contributed by atoms with Crippen LogP contribution in [0.1, 0.15) is 30.7 Å². The largest absolute Gasteiger partial charge is 0.459 e. The molecule has 30 heavy (non-hydrogen) atoms. The van der Waals surface area contributed by atoms with Crippen molar-refractivity contribution < 1.29 is 18.4 Å². The molecular weight excluding hydrogens is 389 g/mol. The molecular formula is C22H24FN3O4. The molecule has 0 radical (unpaired) electrons. The zero-order chi connectivity index (χ0) is 21.2. The van der Waals surface area contributed by atoms with E-state index in [4.69, 9.17) is 4.74 Å². The van der Waals surface area contributed by atoms with Gasteiger partial charge in [-0.25, -0.2) is 14.0 Å². The Morgan fingerprint density at radius 2 is 1.80 bits per heavy atom. The maximum Gasteiger partial charge on any atom is 0.441 e. The maximum absolute atomic E-state index is 12.9. The second-order valence-electron chi connectivity index (χ2n) is 6.80. The van der Waals surface area contributed by atoms with Crippen molar-refractivity contribution in [1.82, 2.24) is 9.72 Å². The second kappa shape index (κ2) is 10.9. The van der Waals surface area contributed by atoms with Gasteiger partial charge in [-0.15, -0.1) is 0 Å². The molecule has 0 saturated heterocycles. The number of benzene rings is 2. The summed E-state index contributed by atoms with van der Waals surface area (Å²) in [7, 11) is 0. The Morgan fingerprint density at radius 1 is 1.10 bits per heavy atom. The van der Waals surface area contributed by atoms with Crippen molar-refractivity contribution in [3.05, 3.63) is 82.6 Å². The molecule has 1 heterocycles. The summed E-state index contributed by atoms with van der Waals surface area (Å²) in [5.74, 6) is -1.06. The Morgan fingerprint density at radius 3 is 2.50 bits per heavy atom. The molecule has 1 aromatic heterocycles. The van der Waals surface area contributed by atoms with E-state index in [0.29, 0.717) is 19.3 Å². The van der Waals surface area contributed by atoms with E-state index in [0.717, 1.165) is 11.3 Å². The third-order valence-electron chi connectivity index (χ3n) is 4.63. The SMILES string of the molecule is O=C(OCc1ccccc1)C(CCCCn1c(CF)noc1=O)Nc1ccccc1. The number of anilines is 1. The summed E-state index contributed by atoms with van der Waals surface area (Å²) in [6.07, 6.45) is 1.68. The summed E-state index contributed by atoms with van der Waals surface area (Å²) in [6.45, 7) is -0.392. The minimum Gasteiger partial charge on any atom is -0.459 e. The quantitative estimate of drug-likeness (QED) is 0.381. The molecule has 0 fully saturated rings.